The van der Waals surface area contributed by atoms with Crippen LogP contribution in [-0.4, -0.2) is 9.97 Å². The van der Waals surface area contributed by atoms with Gasteiger partial charge in [0.05, 0.1) is 0 Å². The van der Waals surface area contributed by atoms with Crippen LogP contribution in [0.15, 0.2) is 146 Å². The van der Waals surface area contributed by atoms with Crippen molar-refractivity contribution in [2.45, 2.75) is 66.2 Å². The van der Waals surface area contributed by atoms with Crippen molar-refractivity contribution in [3.63, 3.8) is 0 Å². The second-order valence-electron chi connectivity index (χ2n) is 14.1. The summed E-state index contributed by atoms with van der Waals surface area (Å²) in [6, 6.07) is 48.7. The Morgan fingerprint density at radius 3 is 1.24 bits per heavy atom. The van der Waals surface area contributed by atoms with E-state index in [1.807, 2.05) is 12.4 Å². The van der Waals surface area contributed by atoms with E-state index < -0.39 is 0 Å². The fraction of sp³-hybridized carbons (Fsp3) is 0.200. The maximum Gasteiger partial charge on any atom is 4.00 e. The normalized spacial score (nSPS) is 10.5. The van der Waals surface area contributed by atoms with Crippen LogP contribution in [0.3, 0.4) is 0 Å². The number of aryl methyl sites for hydroxylation is 4. The minimum Gasteiger partial charge on any atom is -1.00 e. The first-order valence-electron chi connectivity index (χ1n) is 18.9. The Hall–Kier alpha value is -4.14. The molecular formula is C50H48Cl2N2Zr. The number of hydrogen-bond acceptors (Lipinski definition) is 2. The summed E-state index contributed by atoms with van der Waals surface area (Å²) in [5.74, 6) is 0. The molecule has 0 spiro atoms. The SMILES string of the molecule is CCCCc1ccc(-c2cccc3[cH-]c(-c4ccc(C)cn4)cc23)cc1.CCCCc1ccc(-c2cccc3[cH-]c(-c4ccc(C)cn4)cc23)cc1.[Cl-].[Cl-].[Zr+4]. The second kappa shape index (κ2) is 20.7. The molecule has 2 aromatic heterocycles. The number of aromatic nitrogens is 2. The summed E-state index contributed by atoms with van der Waals surface area (Å²) in [7, 11) is 0. The molecule has 0 aliphatic heterocycles. The van der Waals surface area contributed by atoms with Gasteiger partial charge in [0, 0.05) is 23.8 Å². The van der Waals surface area contributed by atoms with Gasteiger partial charge in [0.15, 0.2) is 0 Å². The summed E-state index contributed by atoms with van der Waals surface area (Å²) in [6.45, 7) is 8.62. The smallest absolute Gasteiger partial charge is 1.00 e. The number of benzene rings is 4. The van der Waals surface area contributed by atoms with E-state index in [4.69, 9.17) is 0 Å². The molecule has 55 heavy (non-hydrogen) atoms. The number of rotatable bonds is 10. The first kappa shape index (κ1) is 43.6. The molecule has 6 aromatic carbocycles. The molecule has 8 aromatic rings. The average molecular weight is 839 g/mol. The Labute approximate surface area is 359 Å². The van der Waals surface area contributed by atoms with Gasteiger partial charge in [-0.3, -0.25) is 9.97 Å². The van der Waals surface area contributed by atoms with E-state index in [0.717, 1.165) is 11.4 Å². The van der Waals surface area contributed by atoms with E-state index >= 15 is 0 Å². The zero-order chi connectivity index (χ0) is 35.9. The summed E-state index contributed by atoms with van der Waals surface area (Å²) in [6.07, 6.45) is 11.2. The first-order valence-corrected chi connectivity index (χ1v) is 18.9. The van der Waals surface area contributed by atoms with Gasteiger partial charge in [-0.15, -0.1) is 69.1 Å². The number of pyridine rings is 2. The van der Waals surface area contributed by atoms with Crippen LogP contribution in [0.25, 0.3) is 66.3 Å². The van der Waals surface area contributed by atoms with Crippen molar-refractivity contribution in [2.24, 2.45) is 0 Å². The van der Waals surface area contributed by atoms with Crippen molar-refractivity contribution in [1.82, 2.24) is 9.97 Å². The molecule has 0 aliphatic rings. The molecule has 0 N–H and O–H groups in total. The van der Waals surface area contributed by atoms with Gasteiger partial charge in [0.2, 0.25) is 0 Å². The number of halogens is 2. The molecule has 0 bridgehead atoms. The van der Waals surface area contributed by atoms with Gasteiger partial charge >= 0.3 is 26.2 Å². The zero-order valence-corrected chi connectivity index (χ0v) is 36.2. The molecule has 276 valence electrons. The summed E-state index contributed by atoms with van der Waals surface area (Å²) in [4.78, 5) is 9.17. The van der Waals surface area contributed by atoms with Crippen molar-refractivity contribution >= 4 is 21.5 Å². The fourth-order valence-corrected chi connectivity index (χ4v) is 7.01. The summed E-state index contributed by atoms with van der Waals surface area (Å²) in [5.41, 5.74) is 14.8. The van der Waals surface area contributed by atoms with Crippen molar-refractivity contribution in [3.8, 4) is 44.8 Å². The van der Waals surface area contributed by atoms with Gasteiger partial charge in [0.25, 0.3) is 0 Å². The van der Waals surface area contributed by atoms with Crippen LogP contribution in [0, 0.1) is 13.8 Å². The van der Waals surface area contributed by atoms with Crippen LogP contribution in [0.4, 0.5) is 0 Å². The summed E-state index contributed by atoms with van der Waals surface area (Å²) >= 11 is 0. The maximum absolute atomic E-state index is 4.59. The standard InChI is InChI=1S/2C25H24N.2ClH.Zr/c2*1-3-4-6-19-10-12-20(13-11-19)23-8-5-7-21-15-22(16-24(21)23)25-14-9-18(2)17-26-25;;;/h2*5,7-17H,3-4,6H2,1-2H3;2*1H;/q2*-1;;;+4/p-2. The van der Waals surface area contributed by atoms with E-state index in [9.17, 15) is 0 Å². The van der Waals surface area contributed by atoms with E-state index in [-0.39, 0.29) is 51.0 Å². The van der Waals surface area contributed by atoms with E-state index in [1.54, 1.807) is 0 Å². The predicted molar refractivity (Wildman–Crippen MR) is 223 cm³/mol. The largest absolute Gasteiger partial charge is 4.00 e. The Bertz CT molecular complexity index is 2200. The Kier molecular flexibility index (Phi) is 16.4. The Morgan fingerprint density at radius 1 is 0.491 bits per heavy atom. The zero-order valence-electron chi connectivity index (χ0n) is 32.2. The van der Waals surface area contributed by atoms with Gasteiger partial charge in [0.1, 0.15) is 0 Å². The van der Waals surface area contributed by atoms with Gasteiger partial charge in [-0.25, -0.2) is 0 Å². The van der Waals surface area contributed by atoms with Gasteiger partial charge in [-0.2, -0.15) is 0 Å². The molecule has 2 nitrogen and oxygen atoms in total. The number of unbranched alkanes of at least 4 members (excludes halogenated alkanes) is 2. The van der Waals surface area contributed by atoms with Crippen LogP contribution in [0.2, 0.25) is 0 Å². The molecule has 0 fully saturated rings. The fourth-order valence-electron chi connectivity index (χ4n) is 7.01. The summed E-state index contributed by atoms with van der Waals surface area (Å²) < 4.78 is 0. The van der Waals surface area contributed by atoms with Crippen molar-refractivity contribution in [2.75, 3.05) is 0 Å². The average Bonchev–Trinajstić information content (AvgIpc) is 3.83. The van der Waals surface area contributed by atoms with Crippen molar-refractivity contribution < 1.29 is 51.0 Å². The number of fused-ring (bicyclic) bond motifs is 2. The topological polar surface area (TPSA) is 25.8 Å². The molecule has 0 atom stereocenters. The van der Waals surface area contributed by atoms with Gasteiger partial charge in [-0.05, 0) is 72.9 Å². The summed E-state index contributed by atoms with van der Waals surface area (Å²) in [5, 5.41) is 5.14. The van der Waals surface area contributed by atoms with E-state index in [0.29, 0.717) is 0 Å². The maximum atomic E-state index is 4.59. The van der Waals surface area contributed by atoms with Crippen LogP contribution < -0.4 is 24.8 Å². The van der Waals surface area contributed by atoms with Gasteiger partial charge < -0.3 is 24.8 Å². The molecule has 0 unspecified atom stereocenters. The van der Waals surface area contributed by atoms with E-state index in [1.165, 1.54) is 116 Å². The molecule has 0 radical (unpaired) electrons. The Morgan fingerprint density at radius 2 is 0.891 bits per heavy atom. The van der Waals surface area contributed by atoms with Crippen LogP contribution in [0.5, 0.6) is 0 Å². The van der Waals surface area contributed by atoms with Crippen molar-refractivity contribution in [1.29, 1.82) is 0 Å². The minimum atomic E-state index is 0. The molecular weight excluding hydrogens is 791 g/mol. The third kappa shape index (κ3) is 10.6. The van der Waals surface area contributed by atoms with Crippen LogP contribution >= 0.6 is 0 Å². The van der Waals surface area contributed by atoms with Crippen LogP contribution in [0.1, 0.15) is 61.8 Å². The second-order valence-corrected chi connectivity index (χ2v) is 14.1. The minimum absolute atomic E-state index is 0. The third-order valence-corrected chi connectivity index (χ3v) is 10.1. The molecule has 0 aliphatic carbocycles. The molecule has 8 rings (SSSR count). The quantitative estimate of drug-likeness (QED) is 0.131. The predicted octanol–water partition coefficient (Wildman–Crippen LogP) is 7.88. The van der Waals surface area contributed by atoms with Crippen LogP contribution in [-0.2, 0) is 39.0 Å². The molecule has 5 heteroatoms. The molecule has 2 heterocycles. The monoisotopic (exact) mass is 836 g/mol. The molecule has 0 amide bonds. The number of nitrogens with zero attached hydrogens (tertiary/aromatic N) is 2. The molecule has 0 saturated carbocycles. The Balaban J connectivity index is 0.000000232. The third-order valence-electron chi connectivity index (χ3n) is 10.1. The molecule has 0 saturated heterocycles. The number of hydrogen-bond donors (Lipinski definition) is 0. The van der Waals surface area contributed by atoms with Crippen molar-refractivity contribution in [3.05, 3.63) is 168 Å². The van der Waals surface area contributed by atoms with E-state index in [2.05, 4.69) is 171 Å². The van der Waals surface area contributed by atoms with Gasteiger partial charge in [-0.1, -0.05) is 135 Å². The first-order chi connectivity index (χ1) is 25.5.